The lowest BCUT2D eigenvalue weighted by Crippen LogP contribution is -2.41. The van der Waals surface area contributed by atoms with Gasteiger partial charge in [-0.25, -0.2) is 0 Å². The third-order valence-electron chi connectivity index (χ3n) is 8.87. The quantitative estimate of drug-likeness (QED) is 0.159. The summed E-state index contributed by atoms with van der Waals surface area (Å²) in [6.45, 7) is 8.38. The molecule has 42 heavy (non-hydrogen) atoms. The molecule has 4 heteroatoms. The first kappa shape index (κ1) is 26.5. The van der Waals surface area contributed by atoms with E-state index in [2.05, 4.69) is 166 Å². The molecule has 0 saturated carbocycles. The summed E-state index contributed by atoms with van der Waals surface area (Å²) in [7, 11) is -0.443. The standard InChI is InChI=1S/C38H34BNO2/c1-37(2)38(3,4)42-39(41-37)30-16-12-17-31(25-30)40(36-20-11-10-19-34(36)27-13-6-5-7-14-27)32-24-23-29-22-21-28-15-8-9-18-33(28)35(29)26-32/h5-26H,1-4H3. The van der Waals surface area contributed by atoms with Gasteiger partial charge >= 0.3 is 7.12 Å². The lowest BCUT2D eigenvalue weighted by atomic mass is 9.79. The highest BCUT2D eigenvalue weighted by Gasteiger charge is 2.51. The van der Waals surface area contributed by atoms with Crippen LogP contribution in [0.25, 0.3) is 32.7 Å². The Hall–Kier alpha value is -4.38. The first-order chi connectivity index (χ1) is 20.3. The van der Waals surface area contributed by atoms with Crippen LogP contribution in [0, 0.1) is 0 Å². The maximum absolute atomic E-state index is 6.45. The molecule has 6 aromatic rings. The van der Waals surface area contributed by atoms with Crippen molar-refractivity contribution >= 4 is 51.2 Å². The maximum atomic E-state index is 6.45. The van der Waals surface area contributed by atoms with Crippen molar-refractivity contribution in [1.82, 2.24) is 0 Å². The molecule has 0 unspecified atom stereocenters. The van der Waals surface area contributed by atoms with Crippen LogP contribution in [0.3, 0.4) is 0 Å². The fraction of sp³-hybridized carbons (Fsp3) is 0.158. The fourth-order valence-electron chi connectivity index (χ4n) is 5.88. The van der Waals surface area contributed by atoms with Crippen LogP contribution in [0.2, 0.25) is 0 Å². The van der Waals surface area contributed by atoms with Crippen LogP contribution in [0.1, 0.15) is 27.7 Å². The highest BCUT2D eigenvalue weighted by atomic mass is 16.7. The molecule has 0 spiro atoms. The molecule has 0 aromatic heterocycles. The predicted octanol–water partition coefficient (Wildman–Crippen LogP) is 9.43. The Morgan fingerprint density at radius 1 is 0.524 bits per heavy atom. The van der Waals surface area contributed by atoms with Gasteiger partial charge in [-0.2, -0.15) is 0 Å². The number of anilines is 3. The molecule has 1 aliphatic rings. The second-order valence-corrected chi connectivity index (χ2v) is 12.1. The monoisotopic (exact) mass is 547 g/mol. The van der Waals surface area contributed by atoms with Gasteiger partial charge in [-0.15, -0.1) is 0 Å². The number of fused-ring (bicyclic) bond motifs is 3. The summed E-state index contributed by atoms with van der Waals surface area (Å²) in [6, 6.07) is 47.6. The second kappa shape index (κ2) is 10.2. The Bertz CT molecular complexity index is 1900. The van der Waals surface area contributed by atoms with Crippen LogP contribution >= 0.6 is 0 Å². The van der Waals surface area contributed by atoms with Crippen molar-refractivity contribution < 1.29 is 9.31 Å². The van der Waals surface area contributed by atoms with Gasteiger partial charge in [-0.1, -0.05) is 103 Å². The zero-order valence-corrected chi connectivity index (χ0v) is 24.5. The van der Waals surface area contributed by atoms with Crippen LogP contribution < -0.4 is 10.4 Å². The molecule has 1 heterocycles. The summed E-state index contributed by atoms with van der Waals surface area (Å²) in [5.41, 5.74) is 5.76. The van der Waals surface area contributed by atoms with Crippen molar-refractivity contribution in [2.45, 2.75) is 38.9 Å². The maximum Gasteiger partial charge on any atom is 0.494 e. The first-order valence-corrected chi connectivity index (χ1v) is 14.6. The lowest BCUT2D eigenvalue weighted by Gasteiger charge is -2.32. The van der Waals surface area contributed by atoms with Crippen LogP contribution in [0.4, 0.5) is 17.1 Å². The summed E-state index contributed by atoms with van der Waals surface area (Å²) in [4.78, 5) is 2.36. The third-order valence-corrected chi connectivity index (χ3v) is 8.87. The Morgan fingerprint density at radius 2 is 1.14 bits per heavy atom. The molecule has 0 N–H and O–H groups in total. The minimum absolute atomic E-state index is 0.410. The SMILES string of the molecule is CC1(C)OB(c2cccc(N(c3ccc4ccc5ccccc5c4c3)c3ccccc3-c3ccccc3)c2)OC1(C)C. The number of hydrogen-bond acceptors (Lipinski definition) is 3. The Balaban J connectivity index is 1.43. The minimum atomic E-state index is -0.443. The molecule has 0 bridgehead atoms. The zero-order valence-electron chi connectivity index (χ0n) is 24.5. The van der Waals surface area contributed by atoms with Crippen molar-refractivity contribution in [2.75, 3.05) is 4.90 Å². The molecule has 1 saturated heterocycles. The minimum Gasteiger partial charge on any atom is -0.399 e. The van der Waals surface area contributed by atoms with Crippen molar-refractivity contribution in [3.63, 3.8) is 0 Å². The van der Waals surface area contributed by atoms with Crippen LogP contribution in [-0.2, 0) is 9.31 Å². The van der Waals surface area contributed by atoms with E-state index < -0.39 is 18.3 Å². The van der Waals surface area contributed by atoms with Gasteiger partial charge in [0.2, 0.25) is 0 Å². The van der Waals surface area contributed by atoms with Gasteiger partial charge in [0.1, 0.15) is 0 Å². The number of rotatable bonds is 5. The number of nitrogens with zero attached hydrogens (tertiary/aromatic N) is 1. The summed E-state index contributed by atoms with van der Waals surface area (Å²) in [5.74, 6) is 0. The predicted molar refractivity (Wildman–Crippen MR) is 177 cm³/mol. The van der Waals surface area contributed by atoms with Crippen LogP contribution in [0.15, 0.2) is 133 Å². The molecule has 6 aromatic carbocycles. The van der Waals surface area contributed by atoms with Gasteiger partial charge in [0.05, 0.1) is 16.9 Å². The van der Waals surface area contributed by atoms with E-state index in [0.717, 1.165) is 28.1 Å². The van der Waals surface area contributed by atoms with Crippen molar-refractivity contribution in [1.29, 1.82) is 0 Å². The highest BCUT2D eigenvalue weighted by molar-refractivity contribution is 6.62. The summed E-state index contributed by atoms with van der Waals surface area (Å²) in [6.07, 6.45) is 0. The topological polar surface area (TPSA) is 21.7 Å². The smallest absolute Gasteiger partial charge is 0.399 e. The molecular formula is C38H34BNO2. The highest BCUT2D eigenvalue weighted by Crippen LogP contribution is 2.42. The number of hydrogen-bond donors (Lipinski definition) is 0. The third kappa shape index (κ3) is 4.57. The lowest BCUT2D eigenvalue weighted by molar-refractivity contribution is 0.00578. The Labute approximate surface area is 248 Å². The van der Waals surface area contributed by atoms with Crippen molar-refractivity contribution in [2.24, 2.45) is 0 Å². The molecule has 1 aliphatic heterocycles. The Kier molecular flexibility index (Phi) is 6.42. The van der Waals surface area contributed by atoms with Gasteiger partial charge in [0, 0.05) is 16.9 Å². The molecule has 1 fully saturated rings. The molecule has 7 rings (SSSR count). The van der Waals surface area contributed by atoms with Gasteiger partial charge in [0.15, 0.2) is 0 Å². The summed E-state index contributed by atoms with van der Waals surface area (Å²) >= 11 is 0. The molecule has 3 nitrogen and oxygen atoms in total. The van der Waals surface area contributed by atoms with E-state index in [-0.39, 0.29) is 0 Å². The first-order valence-electron chi connectivity index (χ1n) is 14.6. The number of benzene rings is 6. The largest absolute Gasteiger partial charge is 0.494 e. The molecule has 0 aliphatic carbocycles. The molecule has 206 valence electrons. The molecule has 0 radical (unpaired) electrons. The van der Waals surface area contributed by atoms with Crippen LogP contribution in [-0.4, -0.2) is 18.3 Å². The normalized spacial score (nSPS) is 15.8. The van der Waals surface area contributed by atoms with Gasteiger partial charge < -0.3 is 14.2 Å². The van der Waals surface area contributed by atoms with Crippen molar-refractivity contribution in [3.8, 4) is 11.1 Å². The Morgan fingerprint density at radius 3 is 1.93 bits per heavy atom. The van der Waals surface area contributed by atoms with Crippen LogP contribution in [0.5, 0.6) is 0 Å². The van der Waals surface area contributed by atoms with Gasteiger partial charge in [0.25, 0.3) is 0 Å². The average Bonchev–Trinajstić information content (AvgIpc) is 3.24. The number of para-hydroxylation sites is 1. The summed E-state index contributed by atoms with van der Waals surface area (Å²) in [5, 5.41) is 4.94. The van der Waals surface area contributed by atoms with Gasteiger partial charge in [-0.05, 0) is 90.6 Å². The van der Waals surface area contributed by atoms with E-state index in [0.29, 0.717) is 0 Å². The van der Waals surface area contributed by atoms with E-state index in [4.69, 9.17) is 9.31 Å². The second-order valence-electron chi connectivity index (χ2n) is 12.1. The zero-order chi connectivity index (χ0) is 28.9. The fourth-order valence-corrected chi connectivity index (χ4v) is 5.88. The average molecular weight is 548 g/mol. The molecule has 0 amide bonds. The van der Waals surface area contributed by atoms with E-state index in [1.54, 1.807) is 0 Å². The molecule has 0 atom stereocenters. The van der Waals surface area contributed by atoms with E-state index in [9.17, 15) is 0 Å². The van der Waals surface area contributed by atoms with E-state index in [1.165, 1.54) is 27.1 Å². The van der Waals surface area contributed by atoms with Crippen molar-refractivity contribution in [3.05, 3.63) is 133 Å². The van der Waals surface area contributed by atoms with E-state index >= 15 is 0 Å². The summed E-state index contributed by atoms with van der Waals surface area (Å²) < 4.78 is 12.9. The van der Waals surface area contributed by atoms with Gasteiger partial charge in [-0.3, -0.25) is 0 Å². The van der Waals surface area contributed by atoms with E-state index in [1.807, 2.05) is 0 Å². The molecular weight excluding hydrogens is 513 g/mol.